The summed E-state index contributed by atoms with van der Waals surface area (Å²) >= 11 is 7.58. The molecule has 1 fully saturated rings. The number of thiophene rings is 1. The second-order valence-electron chi connectivity index (χ2n) is 6.22. The minimum Gasteiger partial charge on any atom is -0.335 e. The smallest absolute Gasteiger partial charge is 0.264 e. The van der Waals surface area contributed by atoms with Crippen molar-refractivity contribution in [1.82, 2.24) is 9.80 Å². The molecule has 5 nitrogen and oxygen atoms in total. The molecular weight excluding hydrogens is 370 g/mol. The molecule has 0 atom stereocenters. The Labute approximate surface area is 162 Å². The van der Waals surface area contributed by atoms with Crippen molar-refractivity contribution in [2.75, 3.05) is 38.0 Å². The van der Waals surface area contributed by atoms with Crippen molar-refractivity contribution in [2.45, 2.75) is 13.3 Å². The summed E-state index contributed by atoms with van der Waals surface area (Å²) in [7, 11) is 0. The molecule has 3 rings (SSSR count). The van der Waals surface area contributed by atoms with Gasteiger partial charge in [-0.05, 0) is 35.6 Å². The second-order valence-corrected chi connectivity index (χ2v) is 7.55. The predicted molar refractivity (Wildman–Crippen MR) is 106 cm³/mol. The van der Waals surface area contributed by atoms with E-state index < -0.39 is 0 Å². The number of nitrogens with zero attached hydrogens (tertiary/aromatic N) is 2. The number of para-hydroxylation sites is 1. The first-order valence-electron chi connectivity index (χ1n) is 8.71. The molecule has 0 spiro atoms. The van der Waals surface area contributed by atoms with Crippen molar-refractivity contribution in [3.8, 4) is 0 Å². The highest BCUT2D eigenvalue weighted by Gasteiger charge is 2.25. The first-order valence-corrected chi connectivity index (χ1v) is 9.96. The molecule has 1 aromatic heterocycles. The van der Waals surface area contributed by atoms with Gasteiger partial charge in [0.2, 0.25) is 5.91 Å². The third-order valence-electron chi connectivity index (χ3n) is 4.50. The molecule has 7 heteroatoms. The number of aryl methyl sites for hydroxylation is 1. The highest BCUT2D eigenvalue weighted by molar-refractivity contribution is 7.12. The Balaban J connectivity index is 1.50. The van der Waals surface area contributed by atoms with Crippen LogP contribution in [0.3, 0.4) is 0 Å². The van der Waals surface area contributed by atoms with Crippen LogP contribution in [0.4, 0.5) is 5.69 Å². The van der Waals surface area contributed by atoms with Crippen LogP contribution < -0.4 is 5.32 Å². The molecule has 26 heavy (non-hydrogen) atoms. The Morgan fingerprint density at radius 2 is 1.88 bits per heavy atom. The molecule has 1 N–H and O–H groups in total. The Morgan fingerprint density at radius 1 is 1.15 bits per heavy atom. The van der Waals surface area contributed by atoms with Gasteiger partial charge in [-0.3, -0.25) is 14.5 Å². The lowest BCUT2D eigenvalue weighted by Crippen LogP contribution is -2.50. The summed E-state index contributed by atoms with van der Waals surface area (Å²) in [5.41, 5.74) is 1.74. The molecule has 0 unspecified atom stereocenters. The quantitative estimate of drug-likeness (QED) is 0.850. The van der Waals surface area contributed by atoms with Crippen LogP contribution in [0.1, 0.15) is 22.2 Å². The zero-order chi connectivity index (χ0) is 18.5. The van der Waals surface area contributed by atoms with Crippen LogP contribution in [0, 0.1) is 0 Å². The molecule has 1 aliphatic rings. The molecular formula is C19H22ClN3O2S. The number of rotatable bonds is 5. The third kappa shape index (κ3) is 4.44. The second kappa shape index (κ2) is 8.66. The van der Waals surface area contributed by atoms with Gasteiger partial charge in [0, 0.05) is 26.2 Å². The van der Waals surface area contributed by atoms with Gasteiger partial charge in [0.15, 0.2) is 0 Å². The molecule has 1 saturated heterocycles. The normalized spacial score (nSPS) is 15.1. The van der Waals surface area contributed by atoms with E-state index in [4.69, 9.17) is 11.6 Å². The van der Waals surface area contributed by atoms with Crippen molar-refractivity contribution in [1.29, 1.82) is 0 Å². The molecule has 1 aliphatic heterocycles. The van der Waals surface area contributed by atoms with Gasteiger partial charge in [-0.1, -0.05) is 30.7 Å². The number of piperazine rings is 1. The van der Waals surface area contributed by atoms with E-state index in [0.29, 0.717) is 43.4 Å². The summed E-state index contributed by atoms with van der Waals surface area (Å²) in [6.07, 6.45) is 0.868. The van der Waals surface area contributed by atoms with Gasteiger partial charge >= 0.3 is 0 Å². The Kier molecular flexibility index (Phi) is 6.29. The van der Waals surface area contributed by atoms with E-state index in [2.05, 4.69) is 17.1 Å². The standard InChI is InChI=1S/C19H22ClN3O2S/c1-2-14-7-12-26-18(14)19(25)23-10-8-22(9-11-23)13-17(24)21-16-6-4-3-5-15(16)20/h3-7,12H,2,8-11,13H2,1H3,(H,21,24). The Hall–Kier alpha value is -1.89. The molecule has 2 aromatic rings. The maximum Gasteiger partial charge on any atom is 0.264 e. The molecule has 0 saturated carbocycles. The van der Waals surface area contributed by atoms with Gasteiger partial charge in [0.25, 0.3) is 5.91 Å². The number of halogens is 1. The fraction of sp³-hybridized carbons (Fsp3) is 0.368. The lowest BCUT2D eigenvalue weighted by atomic mass is 10.2. The van der Waals surface area contributed by atoms with Gasteiger partial charge in [0.1, 0.15) is 0 Å². The van der Waals surface area contributed by atoms with Gasteiger partial charge in [-0.25, -0.2) is 0 Å². The minimum absolute atomic E-state index is 0.0931. The van der Waals surface area contributed by atoms with Crippen LogP contribution in [-0.2, 0) is 11.2 Å². The third-order valence-corrected chi connectivity index (χ3v) is 5.77. The highest BCUT2D eigenvalue weighted by Crippen LogP contribution is 2.21. The summed E-state index contributed by atoms with van der Waals surface area (Å²) in [6.45, 7) is 5.02. The zero-order valence-electron chi connectivity index (χ0n) is 14.7. The summed E-state index contributed by atoms with van der Waals surface area (Å²) in [5, 5.41) is 5.34. The van der Waals surface area contributed by atoms with Crippen LogP contribution in [0.2, 0.25) is 5.02 Å². The molecule has 0 bridgehead atoms. The fourth-order valence-electron chi connectivity index (χ4n) is 3.01. The SMILES string of the molecule is CCc1ccsc1C(=O)N1CCN(CC(=O)Nc2ccccc2Cl)CC1. The first kappa shape index (κ1) is 18.9. The number of hydrogen-bond donors (Lipinski definition) is 1. The van der Waals surface area contributed by atoms with Crippen LogP contribution >= 0.6 is 22.9 Å². The molecule has 1 aromatic carbocycles. The number of amides is 2. The Bertz CT molecular complexity index is 785. The molecule has 2 heterocycles. The fourth-order valence-corrected chi connectivity index (χ4v) is 4.15. The number of benzene rings is 1. The van der Waals surface area contributed by atoms with Gasteiger partial charge in [0.05, 0.1) is 22.1 Å². The number of nitrogens with one attached hydrogen (secondary N) is 1. The molecule has 138 valence electrons. The number of anilines is 1. The maximum atomic E-state index is 12.7. The monoisotopic (exact) mass is 391 g/mol. The summed E-state index contributed by atoms with van der Waals surface area (Å²) in [5.74, 6) is 0.0152. The summed E-state index contributed by atoms with van der Waals surface area (Å²) in [4.78, 5) is 29.7. The number of carbonyl (C=O) groups is 2. The summed E-state index contributed by atoms with van der Waals surface area (Å²) in [6, 6.07) is 9.21. The average Bonchev–Trinajstić information content (AvgIpc) is 3.12. The maximum absolute atomic E-state index is 12.7. The van der Waals surface area contributed by atoms with Crippen LogP contribution in [0.25, 0.3) is 0 Å². The largest absolute Gasteiger partial charge is 0.335 e. The topological polar surface area (TPSA) is 52.7 Å². The summed E-state index contributed by atoms with van der Waals surface area (Å²) < 4.78 is 0. The lowest BCUT2D eigenvalue weighted by molar-refractivity contribution is -0.117. The van der Waals surface area contributed by atoms with E-state index in [0.717, 1.165) is 16.9 Å². The van der Waals surface area contributed by atoms with Gasteiger partial charge in [-0.15, -0.1) is 11.3 Å². The zero-order valence-corrected chi connectivity index (χ0v) is 16.3. The van der Waals surface area contributed by atoms with E-state index >= 15 is 0 Å². The molecule has 2 amide bonds. The van der Waals surface area contributed by atoms with Crippen molar-refractivity contribution >= 4 is 40.4 Å². The highest BCUT2D eigenvalue weighted by atomic mass is 35.5. The number of hydrogen-bond acceptors (Lipinski definition) is 4. The van der Waals surface area contributed by atoms with Crippen LogP contribution in [-0.4, -0.2) is 54.3 Å². The van der Waals surface area contributed by atoms with E-state index in [1.807, 2.05) is 28.5 Å². The molecule has 0 radical (unpaired) electrons. The minimum atomic E-state index is -0.0931. The van der Waals surface area contributed by atoms with Crippen molar-refractivity contribution < 1.29 is 9.59 Å². The van der Waals surface area contributed by atoms with Crippen molar-refractivity contribution in [2.24, 2.45) is 0 Å². The average molecular weight is 392 g/mol. The molecule has 0 aliphatic carbocycles. The first-order chi connectivity index (χ1) is 12.6. The van der Waals surface area contributed by atoms with E-state index in [1.165, 1.54) is 11.3 Å². The predicted octanol–water partition coefficient (Wildman–Crippen LogP) is 3.36. The lowest BCUT2D eigenvalue weighted by Gasteiger charge is -2.34. The van der Waals surface area contributed by atoms with E-state index in [1.54, 1.807) is 12.1 Å². The van der Waals surface area contributed by atoms with Gasteiger partial charge < -0.3 is 10.2 Å². The van der Waals surface area contributed by atoms with Crippen molar-refractivity contribution in [3.63, 3.8) is 0 Å². The van der Waals surface area contributed by atoms with Crippen LogP contribution in [0.5, 0.6) is 0 Å². The van der Waals surface area contributed by atoms with E-state index in [9.17, 15) is 9.59 Å². The Morgan fingerprint density at radius 3 is 2.58 bits per heavy atom. The van der Waals surface area contributed by atoms with E-state index in [-0.39, 0.29) is 11.8 Å². The van der Waals surface area contributed by atoms with Gasteiger partial charge in [-0.2, -0.15) is 0 Å². The van der Waals surface area contributed by atoms with Crippen molar-refractivity contribution in [3.05, 3.63) is 51.2 Å². The van der Waals surface area contributed by atoms with Crippen LogP contribution in [0.15, 0.2) is 35.7 Å². The number of carbonyl (C=O) groups excluding carboxylic acids is 2.